The van der Waals surface area contributed by atoms with Gasteiger partial charge in [0.15, 0.2) is 5.58 Å². The predicted molar refractivity (Wildman–Crippen MR) is 113 cm³/mol. The third-order valence-electron chi connectivity index (χ3n) is 5.21. The molecule has 0 aliphatic heterocycles. The molecule has 6 rings (SSSR count). The fourth-order valence-corrected chi connectivity index (χ4v) is 3.98. The molecule has 3 aromatic heterocycles. The van der Waals surface area contributed by atoms with E-state index < -0.39 is 0 Å². The summed E-state index contributed by atoms with van der Waals surface area (Å²) in [6.45, 7) is 0. The van der Waals surface area contributed by atoms with Gasteiger partial charge in [-0.25, -0.2) is 4.98 Å². The Balaban J connectivity index is 1.76. The van der Waals surface area contributed by atoms with Crippen LogP contribution >= 0.6 is 0 Å². The summed E-state index contributed by atoms with van der Waals surface area (Å²) in [5.74, 6) is 0.966. The Morgan fingerprint density at radius 1 is 0.786 bits per heavy atom. The largest absolute Gasteiger partial charge is 0.508 e. The zero-order valence-corrected chi connectivity index (χ0v) is 14.8. The second-order valence-electron chi connectivity index (χ2n) is 6.93. The van der Waals surface area contributed by atoms with E-state index >= 15 is 0 Å². The summed E-state index contributed by atoms with van der Waals surface area (Å²) < 4.78 is 7.95. The molecule has 1 N–H and O–H groups in total. The number of pyridine rings is 1. The Labute approximate surface area is 161 Å². The Morgan fingerprint density at radius 2 is 1.68 bits per heavy atom. The molecule has 3 aromatic carbocycles. The Kier molecular flexibility index (Phi) is 2.96. The Bertz CT molecular complexity index is 1550. The average Bonchev–Trinajstić information content (AvgIpc) is 3.22. The summed E-state index contributed by atoms with van der Waals surface area (Å²) in [4.78, 5) is 4.91. The van der Waals surface area contributed by atoms with Gasteiger partial charge in [0.05, 0.1) is 11.0 Å². The van der Waals surface area contributed by atoms with Crippen molar-refractivity contribution in [3.63, 3.8) is 0 Å². The van der Waals surface area contributed by atoms with Crippen molar-refractivity contribution in [2.24, 2.45) is 0 Å². The van der Waals surface area contributed by atoms with Gasteiger partial charge < -0.3 is 9.52 Å². The van der Waals surface area contributed by atoms with Crippen LogP contribution in [0.5, 0.6) is 5.75 Å². The molecule has 0 unspecified atom stereocenters. The lowest BCUT2D eigenvalue weighted by Gasteiger charge is -2.07. The lowest BCUT2D eigenvalue weighted by atomic mass is 9.94. The number of nitrogens with zero attached hydrogens (tertiary/aromatic N) is 2. The number of aromatic nitrogens is 2. The zero-order chi connectivity index (χ0) is 18.8. The molecule has 4 nitrogen and oxygen atoms in total. The lowest BCUT2D eigenvalue weighted by Crippen LogP contribution is -2.01. The number of fused-ring (bicyclic) bond motifs is 6. The zero-order valence-electron chi connectivity index (χ0n) is 14.8. The minimum atomic E-state index is 0.208. The monoisotopic (exact) mass is 360 g/mol. The van der Waals surface area contributed by atoms with Gasteiger partial charge >= 0.3 is 0 Å². The SMILES string of the molecule is [B]c1ccc2c(c1)c1ccc(O)cc1n2-c1ccc2oc3ccccc3c2n1. The van der Waals surface area contributed by atoms with Crippen LogP contribution in [0, 0.1) is 0 Å². The highest BCUT2D eigenvalue weighted by Gasteiger charge is 2.15. The van der Waals surface area contributed by atoms with Crippen LogP contribution in [0.1, 0.15) is 0 Å². The number of aromatic hydroxyl groups is 1. The molecule has 0 amide bonds. The van der Waals surface area contributed by atoms with Crippen LogP contribution in [-0.2, 0) is 0 Å². The number of hydrogen-bond acceptors (Lipinski definition) is 3. The number of hydrogen-bond donors (Lipinski definition) is 1. The van der Waals surface area contributed by atoms with Crippen molar-refractivity contribution in [2.75, 3.05) is 0 Å². The van der Waals surface area contributed by atoms with Crippen molar-refractivity contribution in [1.29, 1.82) is 0 Å². The smallest absolute Gasteiger partial charge is 0.154 e. The highest BCUT2D eigenvalue weighted by Crippen LogP contribution is 2.34. The number of phenolic OH excluding ortho intramolecular Hbond substituents is 1. The summed E-state index contributed by atoms with van der Waals surface area (Å²) in [5, 5.41) is 13.1. The fraction of sp³-hybridized carbons (Fsp3) is 0. The van der Waals surface area contributed by atoms with E-state index in [1.165, 1.54) is 0 Å². The molecule has 6 aromatic rings. The van der Waals surface area contributed by atoms with E-state index in [0.29, 0.717) is 5.46 Å². The molecule has 2 radical (unpaired) electrons. The Hall–Kier alpha value is -3.73. The Morgan fingerprint density at radius 3 is 2.61 bits per heavy atom. The van der Waals surface area contributed by atoms with E-state index in [4.69, 9.17) is 17.2 Å². The first-order chi connectivity index (χ1) is 13.7. The molecule has 0 spiro atoms. The second kappa shape index (κ2) is 5.39. The van der Waals surface area contributed by atoms with Crippen LogP contribution in [0.2, 0.25) is 0 Å². The van der Waals surface area contributed by atoms with Crippen LogP contribution in [0.3, 0.4) is 0 Å². The molecule has 0 saturated heterocycles. The molecule has 0 aliphatic rings. The van der Waals surface area contributed by atoms with Gasteiger partial charge in [0, 0.05) is 22.2 Å². The highest BCUT2D eigenvalue weighted by molar-refractivity contribution is 6.34. The third-order valence-corrected chi connectivity index (χ3v) is 5.21. The summed E-state index contributed by atoms with van der Waals surface area (Å²) in [6, 6.07) is 22.9. The molecule has 3 heterocycles. The first-order valence-electron chi connectivity index (χ1n) is 9.00. The maximum Gasteiger partial charge on any atom is 0.154 e. The molecule has 0 bridgehead atoms. The first kappa shape index (κ1) is 15.3. The molecule has 0 aliphatic carbocycles. The van der Waals surface area contributed by atoms with Gasteiger partial charge in [-0.1, -0.05) is 29.7 Å². The van der Waals surface area contributed by atoms with Crippen LogP contribution in [-0.4, -0.2) is 22.5 Å². The molecule has 5 heteroatoms. The lowest BCUT2D eigenvalue weighted by molar-refractivity contribution is 0.476. The number of phenols is 1. The molecule has 0 atom stereocenters. The average molecular weight is 360 g/mol. The molecule has 28 heavy (non-hydrogen) atoms. The van der Waals surface area contributed by atoms with Gasteiger partial charge in [0.1, 0.15) is 30.5 Å². The van der Waals surface area contributed by atoms with E-state index in [0.717, 1.165) is 49.7 Å². The van der Waals surface area contributed by atoms with Crippen molar-refractivity contribution in [3.05, 3.63) is 72.8 Å². The minimum Gasteiger partial charge on any atom is -0.508 e. The number of rotatable bonds is 1. The van der Waals surface area contributed by atoms with Gasteiger partial charge in [0.2, 0.25) is 0 Å². The van der Waals surface area contributed by atoms with Gasteiger partial charge in [-0.15, -0.1) is 0 Å². The second-order valence-corrected chi connectivity index (χ2v) is 6.93. The third kappa shape index (κ3) is 2.04. The van der Waals surface area contributed by atoms with Crippen LogP contribution in [0.25, 0.3) is 49.7 Å². The summed E-state index contributed by atoms with van der Waals surface area (Å²) in [6.07, 6.45) is 0. The number of benzene rings is 3. The molecule has 0 saturated carbocycles. The van der Waals surface area contributed by atoms with Gasteiger partial charge in [-0.2, -0.15) is 0 Å². The van der Waals surface area contributed by atoms with Crippen molar-refractivity contribution in [3.8, 4) is 11.6 Å². The van der Waals surface area contributed by atoms with Crippen LogP contribution in [0.4, 0.5) is 0 Å². The maximum atomic E-state index is 10.1. The summed E-state index contributed by atoms with van der Waals surface area (Å²) in [5.41, 5.74) is 4.94. The maximum absolute atomic E-state index is 10.1. The van der Waals surface area contributed by atoms with Crippen LogP contribution < -0.4 is 5.46 Å². The number of para-hydroxylation sites is 1. The summed E-state index contributed by atoms with van der Waals surface area (Å²) in [7, 11) is 6.03. The van der Waals surface area contributed by atoms with Gasteiger partial charge in [0.25, 0.3) is 0 Å². The molecule has 130 valence electrons. The minimum absolute atomic E-state index is 0.208. The first-order valence-corrected chi connectivity index (χ1v) is 9.00. The van der Waals surface area contributed by atoms with Crippen molar-refractivity contribution >= 4 is 57.2 Å². The predicted octanol–water partition coefficient (Wildman–Crippen LogP) is 4.58. The van der Waals surface area contributed by atoms with E-state index in [9.17, 15) is 5.11 Å². The van der Waals surface area contributed by atoms with E-state index in [2.05, 4.69) is 0 Å². The van der Waals surface area contributed by atoms with Crippen molar-refractivity contribution in [2.45, 2.75) is 0 Å². The van der Waals surface area contributed by atoms with Crippen molar-refractivity contribution < 1.29 is 9.52 Å². The normalized spacial score (nSPS) is 11.9. The topological polar surface area (TPSA) is 51.2 Å². The molecular weight excluding hydrogens is 347 g/mol. The summed E-state index contributed by atoms with van der Waals surface area (Å²) >= 11 is 0. The fourth-order valence-electron chi connectivity index (χ4n) is 3.98. The quantitative estimate of drug-likeness (QED) is 0.437. The highest BCUT2D eigenvalue weighted by atomic mass is 16.3. The number of furan rings is 1. The van der Waals surface area contributed by atoms with E-state index in [1.54, 1.807) is 12.1 Å². The standard InChI is InChI=1S/C23H13BN2O2/c24-13-5-8-18-17(11-13)15-7-6-14(27)12-19(15)26(18)22-10-9-21-23(25-22)16-3-1-2-4-20(16)28-21/h1-12,27H. The van der Waals surface area contributed by atoms with Gasteiger partial charge in [-0.05, 0) is 42.5 Å². The van der Waals surface area contributed by atoms with Crippen molar-refractivity contribution in [1.82, 2.24) is 9.55 Å². The van der Waals surface area contributed by atoms with E-state index in [-0.39, 0.29) is 5.75 Å². The molecule has 0 fully saturated rings. The van der Waals surface area contributed by atoms with Crippen LogP contribution in [0.15, 0.2) is 77.2 Å². The molecular formula is C23H13BN2O2. The van der Waals surface area contributed by atoms with Gasteiger partial charge in [-0.3, -0.25) is 4.57 Å². The van der Waals surface area contributed by atoms with E-state index in [1.807, 2.05) is 65.2 Å².